The summed E-state index contributed by atoms with van der Waals surface area (Å²) in [6.45, 7) is 1.03. The van der Waals surface area contributed by atoms with Gasteiger partial charge in [-0.2, -0.15) is 0 Å². The second-order valence-corrected chi connectivity index (χ2v) is 9.41. The lowest BCUT2D eigenvalue weighted by molar-refractivity contribution is -0.163. The summed E-state index contributed by atoms with van der Waals surface area (Å²) in [7, 11) is 0. The summed E-state index contributed by atoms with van der Waals surface area (Å²) in [5.41, 5.74) is 0. The Morgan fingerprint density at radius 2 is 0.805 bits per heavy atom. The quantitative estimate of drug-likeness (QED) is 0.0831. The second-order valence-electron chi connectivity index (χ2n) is 9.41. The molecule has 0 rings (SSSR count). The van der Waals surface area contributed by atoms with Crippen LogP contribution in [0.5, 0.6) is 0 Å². The molecule has 0 aliphatic carbocycles. The Kier molecular flexibility index (Phi) is 19.6. The van der Waals surface area contributed by atoms with Crippen molar-refractivity contribution in [2.24, 2.45) is 29.6 Å². The van der Waals surface area contributed by atoms with Gasteiger partial charge in [-0.1, -0.05) is 32.6 Å². The maximum atomic E-state index is 11.4. The fraction of sp³-hybridized carbons (Fsp3) is 0.680. The number of unbranched alkanes of at least 4 members (excludes halogenated alkanes) is 4. The number of carbonyl (C=O) groups is 8. The van der Waals surface area contributed by atoms with Crippen molar-refractivity contribution in [2.75, 3.05) is 0 Å². The van der Waals surface area contributed by atoms with Crippen molar-refractivity contribution in [3.63, 3.8) is 0 Å². The number of hydrogen-bond donors (Lipinski definition) is 8. The zero-order valence-corrected chi connectivity index (χ0v) is 22.5. The van der Waals surface area contributed by atoms with Gasteiger partial charge >= 0.3 is 47.8 Å². The largest absolute Gasteiger partial charge is 0.481 e. The molecule has 8 N–H and O–H groups in total. The topological polar surface area (TPSA) is 298 Å². The molecule has 0 aromatic heterocycles. The van der Waals surface area contributed by atoms with Crippen LogP contribution in [0.2, 0.25) is 0 Å². The van der Waals surface area contributed by atoms with E-state index < -0.39 is 83.8 Å². The van der Waals surface area contributed by atoms with E-state index >= 15 is 0 Å². The van der Waals surface area contributed by atoms with Gasteiger partial charge in [-0.3, -0.25) is 38.4 Å². The first-order valence-electron chi connectivity index (χ1n) is 12.7. The minimum absolute atomic E-state index is 0.0175. The molecule has 16 nitrogen and oxygen atoms in total. The highest BCUT2D eigenvalue weighted by Crippen LogP contribution is 2.27. The van der Waals surface area contributed by atoms with E-state index in [0.717, 1.165) is 6.92 Å². The van der Waals surface area contributed by atoms with Crippen LogP contribution >= 0.6 is 0 Å². The van der Waals surface area contributed by atoms with Gasteiger partial charge in [0.2, 0.25) is 0 Å². The lowest BCUT2D eigenvalue weighted by Crippen LogP contribution is -2.38. The Bertz CT molecular complexity index is 887. The SMILES string of the molecule is CC(C(=O)O)C(C(=O)O)C(CC(=O)O)C(=O)O.O=C(O)CCCCCC(C(=O)O)C(CCCCCC(=O)O)C(=O)O. The van der Waals surface area contributed by atoms with Crippen molar-refractivity contribution in [2.45, 2.75) is 77.6 Å². The highest BCUT2D eigenvalue weighted by molar-refractivity contribution is 5.87. The number of carboxylic acids is 8. The summed E-state index contributed by atoms with van der Waals surface area (Å²) < 4.78 is 0. The molecule has 0 spiro atoms. The maximum Gasteiger partial charge on any atom is 0.308 e. The summed E-state index contributed by atoms with van der Waals surface area (Å²) in [6.07, 6.45) is 2.38. The molecule has 0 aliphatic rings. The minimum Gasteiger partial charge on any atom is -0.481 e. The molecule has 41 heavy (non-hydrogen) atoms. The molecule has 0 fully saturated rings. The van der Waals surface area contributed by atoms with Crippen molar-refractivity contribution < 1.29 is 79.2 Å². The molecule has 0 aliphatic heterocycles. The van der Waals surface area contributed by atoms with E-state index in [1.165, 1.54) is 0 Å². The maximum absolute atomic E-state index is 11.4. The van der Waals surface area contributed by atoms with Crippen LogP contribution in [0, 0.1) is 29.6 Å². The van der Waals surface area contributed by atoms with Gasteiger partial charge in [-0.25, -0.2) is 0 Å². The fourth-order valence-electron chi connectivity index (χ4n) is 4.07. The summed E-state index contributed by atoms with van der Waals surface area (Å²) in [5.74, 6) is -17.5. The van der Waals surface area contributed by atoms with Gasteiger partial charge < -0.3 is 40.9 Å². The van der Waals surface area contributed by atoms with Crippen molar-refractivity contribution in [1.29, 1.82) is 0 Å². The normalized spacial score (nSPS) is 14.2. The zero-order chi connectivity index (χ0) is 32.3. The molecule has 16 heteroatoms. The molecule has 0 radical (unpaired) electrons. The lowest BCUT2D eigenvalue weighted by Gasteiger charge is -2.22. The summed E-state index contributed by atoms with van der Waals surface area (Å²) >= 11 is 0. The highest BCUT2D eigenvalue weighted by Gasteiger charge is 2.42. The molecule has 234 valence electrons. The minimum atomic E-state index is -1.79. The molecule has 0 amide bonds. The Morgan fingerprint density at radius 1 is 0.439 bits per heavy atom. The summed E-state index contributed by atoms with van der Waals surface area (Å²) in [5, 5.41) is 70.3. The summed E-state index contributed by atoms with van der Waals surface area (Å²) in [6, 6.07) is 0. The molecule has 0 aromatic rings. The molecular formula is C25H38O16. The number of hydrogen-bond acceptors (Lipinski definition) is 8. The van der Waals surface area contributed by atoms with E-state index in [-0.39, 0.29) is 25.7 Å². The molecule has 0 aromatic carbocycles. The highest BCUT2D eigenvalue weighted by atomic mass is 16.4. The van der Waals surface area contributed by atoms with Crippen LogP contribution in [-0.2, 0) is 38.4 Å². The monoisotopic (exact) mass is 594 g/mol. The van der Waals surface area contributed by atoms with Crippen molar-refractivity contribution in [3.05, 3.63) is 0 Å². The van der Waals surface area contributed by atoms with Crippen LogP contribution in [-0.4, -0.2) is 88.6 Å². The van der Waals surface area contributed by atoms with E-state index in [4.69, 9.17) is 30.6 Å². The predicted octanol–water partition coefficient (Wildman–Crippen LogP) is 2.04. The van der Waals surface area contributed by atoms with Crippen LogP contribution < -0.4 is 0 Å². The Hall–Kier alpha value is -4.24. The van der Waals surface area contributed by atoms with E-state index in [1.54, 1.807) is 0 Å². The van der Waals surface area contributed by atoms with Gasteiger partial charge in [0.25, 0.3) is 0 Å². The van der Waals surface area contributed by atoms with E-state index in [0.29, 0.717) is 38.5 Å². The third-order valence-electron chi connectivity index (χ3n) is 6.29. The average molecular weight is 595 g/mol. The van der Waals surface area contributed by atoms with Crippen LogP contribution in [0.4, 0.5) is 0 Å². The zero-order valence-electron chi connectivity index (χ0n) is 22.5. The standard InChI is InChI=1S/C16H26O8.C9H12O8/c17-13(18)9-5-1-3-7-11(15(21)22)12(16(23)24)8-4-2-6-10-14(19)20;1-3(7(12)13)6(9(16)17)4(8(14)15)2-5(10)11/h11-12H,1-10H2,(H,17,18)(H,19,20)(H,21,22)(H,23,24);3-4,6H,2H2,1H3,(H,10,11)(H,12,13)(H,14,15)(H,16,17). The number of rotatable bonds is 22. The van der Waals surface area contributed by atoms with Crippen LogP contribution in [0.15, 0.2) is 0 Å². The smallest absolute Gasteiger partial charge is 0.308 e. The van der Waals surface area contributed by atoms with Crippen LogP contribution in [0.1, 0.15) is 77.6 Å². The van der Waals surface area contributed by atoms with E-state index in [1.807, 2.05) is 0 Å². The Balaban J connectivity index is 0. The van der Waals surface area contributed by atoms with E-state index in [9.17, 15) is 48.6 Å². The van der Waals surface area contributed by atoms with Crippen molar-refractivity contribution in [3.8, 4) is 0 Å². The first kappa shape index (κ1) is 38.9. The van der Waals surface area contributed by atoms with Gasteiger partial charge in [-0.15, -0.1) is 0 Å². The third-order valence-corrected chi connectivity index (χ3v) is 6.29. The molecule has 0 saturated carbocycles. The first-order valence-corrected chi connectivity index (χ1v) is 12.7. The van der Waals surface area contributed by atoms with Gasteiger partial charge in [0.15, 0.2) is 0 Å². The summed E-state index contributed by atoms with van der Waals surface area (Å²) in [4.78, 5) is 86.3. The first-order chi connectivity index (χ1) is 18.9. The molecule has 5 unspecified atom stereocenters. The van der Waals surface area contributed by atoms with Crippen LogP contribution in [0.3, 0.4) is 0 Å². The average Bonchev–Trinajstić information content (AvgIpc) is 2.82. The van der Waals surface area contributed by atoms with E-state index in [2.05, 4.69) is 0 Å². The third kappa shape index (κ3) is 17.9. The Morgan fingerprint density at radius 3 is 1.05 bits per heavy atom. The number of aliphatic carboxylic acids is 8. The molecule has 0 bridgehead atoms. The van der Waals surface area contributed by atoms with Gasteiger partial charge in [0, 0.05) is 12.8 Å². The molecular weight excluding hydrogens is 556 g/mol. The van der Waals surface area contributed by atoms with Gasteiger partial charge in [-0.05, 0) is 25.7 Å². The van der Waals surface area contributed by atoms with Crippen molar-refractivity contribution in [1.82, 2.24) is 0 Å². The van der Waals surface area contributed by atoms with Crippen LogP contribution in [0.25, 0.3) is 0 Å². The Labute approximate surface area is 234 Å². The number of carboxylic acid groups (broad SMARTS) is 8. The van der Waals surface area contributed by atoms with Gasteiger partial charge in [0.1, 0.15) is 0 Å². The fourth-order valence-corrected chi connectivity index (χ4v) is 4.07. The molecule has 0 saturated heterocycles. The predicted molar refractivity (Wildman–Crippen MR) is 135 cm³/mol. The second kappa shape index (κ2) is 20.6. The van der Waals surface area contributed by atoms with Crippen molar-refractivity contribution >= 4 is 47.8 Å². The lowest BCUT2D eigenvalue weighted by atomic mass is 9.80. The molecule has 0 heterocycles. The van der Waals surface area contributed by atoms with Gasteiger partial charge in [0.05, 0.1) is 36.0 Å². The molecule has 5 atom stereocenters.